The van der Waals surface area contributed by atoms with Crippen molar-refractivity contribution < 1.29 is 14.3 Å². The molecule has 136 valence electrons. The number of hydrogen-bond donors (Lipinski definition) is 2. The fourth-order valence-electron chi connectivity index (χ4n) is 2.54. The topological polar surface area (TPSA) is 67.4 Å². The van der Waals surface area contributed by atoms with Crippen molar-refractivity contribution in [2.45, 2.75) is 25.8 Å². The number of nitrogens with one attached hydrogen (secondary N) is 2. The van der Waals surface area contributed by atoms with Crippen molar-refractivity contribution in [3.63, 3.8) is 0 Å². The summed E-state index contributed by atoms with van der Waals surface area (Å²) in [4.78, 5) is 23.9. The van der Waals surface area contributed by atoms with E-state index in [-0.39, 0.29) is 30.4 Å². The minimum Gasteiger partial charge on any atom is -0.484 e. The van der Waals surface area contributed by atoms with E-state index in [1.165, 1.54) is 0 Å². The minimum atomic E-state index is -0.204. The maximum absolute atomic E-state index is 12.1. The third-order valence-electron chi connectivity index (χ3n) is 4.15. The molecule has 2 N–H and O–H groups in total. The largest absolute Gasteiger partial charge is 0.484 e. The average molecular weight is 417 g/mol. The van der Waals surface area contributed by atoms with Crippen molar-refractivity contribution in [3.05, 3.63) is 58.6 Å². The van der Waals surface area contributed by atoms with Crippen LogP contribution in [0.5, 0.6) is 5.75 Å². The van der Waals surface area contributed by atoms with E-state index in [0.717, 1.165) is 22.9 Å². The van der Waals surface area contributed by atoms with Crippen molar-refractivity contribution in [3.8, 4) is 5.75 Å². The molecular formula is C20H21BrN2O3. The summed E-state index contributed by atoms with van der Waals surface area (Å²) in [6.45, 7) is 1.84. The highest BCUT2D eigenvalue weighted by atomic mass is 79.9. The number of amides is 2. The molecule has 0 bridgehead atoms. The predicted molar refractivity (Wildman–Crippen MR) is 104 cm³/mol. The third-order valence-corrected chi connectivity index (χ3v) is 4.64. The number of carbonyl (C=O) groups excluding carboxylic acids is 2. The fourth-order valence-corrected chi connectivity index (χ4v) is 2.96. The van der Waals surface area contributed by atoms with E-state index in [9.17, 15) is 9.59 Å². The smallest absolute Gasteiger partial charge is 0.258 e. The van der Waals surface area contributed by atoms with Gasteiger partial charge in [-0.2, -0.15) is 0 Å². The van der Waals surface area contributed by atoms with Crippen molar-refractivity contribution in [2.24, 2.45) is 5.92 Å². The summed E-state index contributed by atoms with van der Waals surface area (Å²) in [5, 5.41) is 5.78. The highest BCUT2D eigenvalue weighted by Crippen LogP contribution is 2.30. The summed E-state index contributed by atoms with van der Waals surface area (Å²) in [7, 11) is 0. The van der Waals surface area contributed by atoms with Gasteiger partial charge in [0, 0.05) is 22.1 Å². The molecule has 0 saturated heterocycles. The normalized spacial score (nSPS) is 14.4. The lowest BCUT2D eigenvalue weighted by Crippen LogP contribution is -2.31. The molecule has 0 aliphatic heterocycles. The minimum absolute atomic E-state index is 0.0442. The highest BCUT2D eigenvalue weighted by Gasteiger charge is 2.29. The van der Waals surface area contributed by atoms with E-state index in [2.05, 4.69) is 26.6 Å². The molecule has 6 heteroatoms. The highest BCUT2D eigenvalue weighted by molar-refractivity contribution is 9.10. The number of anilines is 1. The van der Waals surface area contributed by atoms with E-state index >= 15 is 0 Å². The van der Waals surface area contributed by atoms with Crippen LogP contribution in [-0.2, 0) is 9.59 Å². The molecule has 0 heterocycles. The molecule has 2 aromatic rings. The van der Waals surface area contributed by atoms with Gasteiger partial charge in [-0.25, -0.2) is 0 Å². The van der Waals surface area contributed by atoms with Gasteiger partial charge in [-0.3, -0.25) is 9.59 Å². The molecule has 2 aromatic carbocycles. The third kappa shape index (κ3) is 5.33. The van der Waals surface area contributed by atoms with Crippen LogP contribution in [0.1, 0.15) is 31.4 Å². The van der Waals surface area contributed by atoms with E-state index < -0.39 is 0 Å². The van der Waals surface area contributed by atoms with E-state index in [1.54, 1.807) is 18.2 Å². The second-order valence-electron chi connectivity index (χ2n) is 6.42. The first-order chi connectivity index (χ1) is 12.5. The molecule has 26 heavy (non-hydrogen) atoms. The van der Waals surface area contributed by atoms with Crippen molar-refractivity contribution >= 4 is 33.4 Å². The number of ether oxygens (including phenoxy) is 1. The van der Waals surface area contributed by atoms with E-state index in [4.69, 9.17) is 4.74 Å². The lowest BCUT2D eigenvalue weighted by molar-refractivity contribution is -0.123. The lowest BCUT2D eigenvalue weighted by atomic mass is 10.1. The molecule has 0 radical (unpaired) electrons. The zero-order chi connectivity index (χ0) is 18.5. The summed E-state index contributed by atoms with van der Waals surface area (Å²) in [5.41, 5.74) is 1.69. The second kappa shape index (κ2) is 8.36. The number of hydrogen-bond acceptors (Lipinski definition) is 3. The van der Waals surface area contributed by atoms with Crippen LogP contribution in [0, 0.1) is 5.92 Å². The SMILES string of the molecule is CC(NC(=O)COc1cccc(NC(=O)C2CC2)c1)c1cccc(Br)c1. The second-order valence-corrected chi connectivity index (χ2v) is 7.34. The first kappa shape index (κ1) is 18.5. The van der Waals surface area contributed by atoms with Gasteiger partial charge in [0.2, 0.25) is 5.91 Å². The number of benzene rings is 2. The summed E-state index contributed by atoms with van der Waals surface area (Å²) >= 11 is 3.43. The molecule has 3 rings (SSSR count). The average Bonchev–Trinajstić information content (AvgIpc) is 3.45. The molecule has 2 amide bonds. The standard InChI is InChI=1S/C20H21BrN2O3/c1-13(15-4-2-5-16(21)10-15)22-19(24)12-26-18-7-3-6-17(11-18)23-20(25)14-8-9-14/h2-7,10-11,13-14H,8-9,12H2,1H3,(H,22,24)(H,23,25). The Morgan fingerprint density at radius 3 is 2.69 bits per heavy atom. The molecular weight excluding hydrogens is 396 g/mol. The van der Waals surface area contributed by atoms with Gasteiger partial charge in [0.05, 0.1) is 6.04 Å². The zero-order valence-corrected chi connectivity index (χ0v) is 16.1. The van der Waals surface area contributed by atoms with Gasteiger partial charge in [0.1, 0.15) is 5.75 Å². The quantitative estimate of drug-likeness (QED) is 0.714. The summed E-state index contributed by atoms with van der Waals surface area (Å²) in [6, 6.07) is 14.8. The fraction of sp³-hybridized carbons (Fsp3) is 0.300. The molecule has 1 saturated carbocycles. The molecule has 1 unspecified atom stereocenters. The molecule has 1 fully saturated rings. The van der Waals surface area contributed by atoms with Crippen LogP contribution in [-0.4, -0.2) is 18.4 Å². The van der Waals surface area contributed by atoms with Crippen molar-refractivity contribution in [1.82, 2.24) is 5.32 Å². The Hall–Kier alpha value is -2.34. The van der Waals surface area contributed by atoms with Gasteiger partial charge in [-0.05, 0) is 49.6 Å². The van der Waals surface area contributed by atoms with Gasteiger partial charge in [-0.15, -0.1) is 0 Å². The lowest BCUT2D eigenvalue weighted by Gasteiger charge is -2.15. The Morgan fingerprint density at radius 2 is 1.96 bits per heavy atom. The Balaban J connectivity index is 1.50. The first-order valence-corrected chi connectivity index (χ1v) is 9.39. The Kier molecular flexibility index (Phi) is 5.93. The summed E-state index contributed by atoms with van der Waals surface area (Å²) in [6.07, 6.45) is 1.91. The van der Waals surface area contributed by atoms with Crippen LogP contribution in [0.15, 0.2) is 53.0 Å². The van der Waals surface area contributed by atoms with Crippen LogP contribution < -0.4 is 15.4 Å². The molecule has 5 nitrogen and oxygen atoms in total. The molecule has 1 atom stereocenters. The first-order valence-electron chi connectivity index (χ1n) is 8.60. The zero-order valence-electron chi connectivity index (χ0n) is 14.5. The van der Waals surface area contributed by atoms with Crippen molar-refractivity contribution in [1.29, 1.82) is 0 Å². The number of halogens is 1. The van der Waals surface area contributed by atoms with E-state index in [1.807, 2.05) is 37.3 Å². The van der Waals surface area contributed by atoms with Crippen LogP contribution in [0.25, 0.3) is 0 Å². The number of carbonyl (C=O) groups is 2. The Labute approximate surface area is 161 Å². The van der Waals surface area contributed by atoms with Gasteiger partial charge in [0.15, 0.2) is 6.61 Å². The molecule has 0 spiro atoms. The van der Waals surface area contributed by atoms with Gasteiger partial charge >= 0.3 is 0 Å². The van der Waals surface area contributed by atoms with Crippen LogP contribution in [0.2, 0.25) is 0 Å². The Morgan fingerprint density at radius 1 is 1.19 bits per heavy atom. The van der Waals surface area contributed by atoms with Crippen LogP contribution in [0.3, 0.4) is 0 Å². The Bertz CT molecular complexity index is 805. The molecule has 0 aromatic heterocycles. The number of rotatable bonds is 7. The maximum atomic E-state index is 12.1. The monoisotopic (exact) mass is 416 g/mol. The van der Waals surface area contributed by atoms with E-state index in [0.29, 0.717) is 11.4 Å². The van der Waals surface area contributed by atoms with Gasteiger partial charge in [0.25, 0.3) is 5.91 Å². The predicted octanol–water partition coefficient (Wildman–Crippen LogP) is 4.05. The van der Waals surface area contributed by atoms with Gasteiger partial charge in [-0.1, -0.05) is 34.1 Å². The summed E-state index contributed by atoms with van der Waals surface area (Å²) in [5.74, 6) is 0.529. The van der Waals surface area contributed by atoms with Crippen LogP contribution in [0.4, 0.5) is 5.69 Å². The maximum Gasteiger partial charge on any atom is 0.258 e. The van der Waals surface area contributed by atoms with Crippen molar-refractivity contribution in [2.75, 3.05) is 11.9 Å². The van der Waals surface area contributed by atoms with Gasteiger partial charge < -0.3 is 15.4 Å². The molecule has 1 aliphatic rings. The van der Waals surface area contributed by atoms with Crippen LogP contribution >= 0.6 is 15.9 Å². The molecule has 1 aliphatic carbocycles. The summed E-state index contributed by atoms with van der Waals surface area (Å²) < 4.78 is 6.52.